The van der Waals surface area contributed by atoms with E-state index in [4.69, 9.17) is 11.6 Å². The van der Waals surface area contributed by atoms with E-state index >= 15 is 0 Å². The summed E-state index contributed by atoms with van der Waals surface area (Å²) in [4.78, 5) is 13.0. The Morgan fingerprint density at radius 2 is 2.29 bits per heavy atom. The molecule has 3 nitrogen and oxygen atoms in total. The van der Waals surface area contributed by atoms with Crippen LogP contribution in [0.1, 0.15) is 6.42 Å². The largest absolute Gasteiger partial charge is 0.391 e. The maximum atomic E-state index is 11.4. The normalized spacial score (nSPS) is 21.7. The van der Waals surface area contributed by atoms with Gasteiger partial charge in [-0.05, 0) is 18.2 Å². The van der Waals surface area contributed by atoms with Gasteiger partial charge in [0.1, 0.15) is 0 Å². The zero-order valence-corrected chi connectivity index (χ0v) is 8.24. The van der Waals surface area contributed by atoms with Crippen LogP contribution >= 0.6 is 11.6 Å². The van der Waals surface area contributed by atoms with Crippen molar-refractivity contribution in [2.75, 3.05) is 11.4 Å². The third-order valence-electron chi connectivity index (χ3n) is 2.22. The maximum Gasteiger partial charge on any atom is 0.229 e. The van der Waals surface area contributed by atoms with Crippen LogP contribution in [0, 0.1) is 0 Å². The van der Waals surface area contributed by atoms with E-state index < -0.39 is 6.10 Å². The molecular formula is C10H10ClNO2. The minimum Gasteiger partial charge on any atom is -0.391 e. The Morgan fingerprint density at radius 3 is 2.86 bits per heavy atom. The van der Waals surface area contributed by atoms with Crippen LogP contribution in [0.4, 0.5) is 5.69 Å². The minimum absolute atomic E-state index is 0.0558. The zero-order valence-electron chi connectivity index (χ0n) is 7.48. The Labute approximate surface area is 86.9 Å². The first-order chi connectivity index (χ1) is 6.66. The lowest BCUT2D eigenvalue weighted by atomic mass is 10.3. The average Bonchev–Trinajstić information content (AvgIpc) is 2.45. The van der Waals surface area contributed by atoms with E-state index in [1.165, 1.54) is 0 Å². The monoisotopic (exact) mass is 211 g/mol. The van der Waals surface area contributed by atoms with Crippen molar-refractivity contribution < 1.29 is 9.90 Å². The van der Waals surface area contributed by atoms with E-state index in [9.17, 15) is 9.90 Å². The van der Waals surface area contributed by atoms with Gasteiger partial charge in [-0.15, -0.1) is 0 Å². The lowest BCUT2D eigenvalue weighted by Gasteiger charge is -2.15. The molecule has 1 aromatic carbocycles. The number of hydrogen-bond donors (Lipinski definition) is 1. The van der Waals surface area contributed by atoms with Crippen molar-refractivity contribution >= 4 is 23.2 Å². The minimum atomic E-state index is -0.554. The van der Waals surface area contributed by atoms with Crippen molar-refractivity contribution in [3.05, 3.63) is 29.3 Å². The molecule has 1 saturated heterocycles. The SMILES string of the molecule is O=C1CC(O)CN1c1cccc(Cl)c1. The van der Waals surface area contributed by atoms with Crippen LogP contribution in [0.2, 0.25) is 5.02 Å². The van der Waals surface area contributed by atoms with Gasteiger partial charge in [0.2, 0.25) is 5.91 Å². The van der Waals surface area contributed by atoms with Crippen LogP contribution in [-0.4, -0.2) is 23.7 Å². The highest BCUT2D eigenvalue weighted by molar-refractivity contribution is 6.30. The third kappa shape index (κ3) is 1.74. The van der Waals surface area contributed by atoms with Crippen molar-refractivity contribution in [3.8, 4) is 0 Å². The quantitative estimate of drug-likeness (QED) is 0.764. The summed E-state index contributed by atoms with van der Waals surface area (Å²) in [6, 6.07) is 7.07. The zero-order chi connectivity index (χ0) is 10.1. The molecule has 1 N–H and O–H groups in total. The topological polar surface area (TPSA) is 40.5 Å². The van der Waals surface area contributed by atoms with Gasteiger partial charge in [-0.1, -0.05) is 17.7 Å². The van der Waals surface area contributed by atoms with Crippen LogP contribution in [0.25, 0.3) is 0 Å². The van der Waals surface area contributed by atoms with Gasteiger partial charge in [-0.3, -0.25) is 4.79 Å². The number of hydrogen-bond acceptors (Lipinski definition) is 2. The first kappa shape index (κ1) is 9.49. The molecular weight excluding hydrogens is 202 g/mol. The summed E-state index contributed by atoms with van der Waals surface area (Å²) < 4.78 is 0. The molecule has 1 amide bonds. The number of anilines is 1. The number of halogens is 1. The Kier molecular flexibility index (Phi) is 2.44. The Bertz CT molecular complexity index is 367. The Morgan fingerprint density at radius 1 is 1.50 bits per heavy atom. The molecule has 1 aliphatic rings. The summed E-state index contributed by atoms with van der Waals surface area (Å²) in [6.07, 6.45) is -0.353. The molecule has 1 aliphatic heterocycles. The summed E-state index contributed by atoms with van der Waals surface area (Å²) in [5.41, 5.74) is 0.749. The number of β-amino-alcohol motifs (C(OH)–C–C–N with tert-alkyl or cyclic N) is 1. The van der Waals surface area contributed by atoms with Gasteiger partial charge in [0.05, 0.1) is 19.1 Å². The van der Waals surface area contributed by atoms with Gasteiger partial charge in [0.25, 0.3) is 0 Å². The summed E-state index contributed by atoms with van der Waals surface area (Å²) in [6.45, 7) is 0.360. The molecule has 0 radical (unpaired) electrons. The Balaban J connectivity index is 2.27. The molecule has 0 spiro atoms. The van der Waals surface area contributed by atoms with Crippen molar-refractivity contribution in [1.29, 1.82) is 0 Å². The van der Waals surface area contributed by atoms with Crippen LogP contribution in [0.3, 0.4) is 0 Å². The molecule has 0 saturated carbocycles. The highest BCUT2D eigenvalue weighted by atomic mass is 35.5. The smallest absolute Gasteiger partial charge is 0.229 e. The second-order valence-corrected chi connectivity index (χ2v) is 3.78. The van der Waals surface area contributed by atoms with Gasteiger partial charge < -0.3 is 10.0 Å². The molecule has 1 heterocycles. The Hall–Kier alpha value is -1.06. The lowest BCUT2D eigenvalue weighted by molar-refractivity contribution is -0.117. The van der Waals surface area contributed by atoms with Gasteiger partial charge in [0.15, 0.2) is 0 Å². The van der Waals surface area contributed by atoms with E-state index in [1.807, 2.05) is 6.07 Å². The molecule has 1 atom stereocenters. The molecule has 1 aromatic rings. The van der Waals surface area contributed by atoms with Gasteiger partial charge in [0, 0.05) is 10.7 Å². The second kappa shape index (κ2) is 3.59. The molecule has 0 aliphatic carbocycles. The van der Waals surface area contributed by atoms with E-state index in [1.54, 1.807) is 23.1 Å². The third-order valence-corrected chi connectivity index (χ3v) is 2.46. The van der Waals surface area contributed by atoms with Crippen LogP contribution in [-0.2, 0) is 4.79 Å². The highest BCUT2D eigenvalue weighted by Crippen LogP contribution is 2.24. The summed E-state index contributed by atoms with van der Waals surface area (Å²) >= 11 is 5.81. The number of aliphatic hydroxyl groups excluding tert-OH is 1. The number of carbonyl (C=O) groups is 1. The number of aliphatic hydroxyl groups is 1. The highest BCUT2D eigenvalue weighted by Gasteiger charge is 2.28. The predicted octanol–water partition coefficient (Wildman–Crippen LogP) is 1.44. The fourth-order valence-corrected chi connectivity index (χ4v) is 1.77. The number of amides is 1. The van der Waals surface area contributed by atoms with Gasteiger partial charge in [-0.2, -0.15) is 0 Å². The molecule has 0 aromatic heterocycles. The fraction of sp³-hybridized carbons (Fsp3) is 0.300. The molecule has 2 rings (SSSR count). The molecule has 74 valence electrons. The standard InChI is InChI=1S/C10H10ClNO2/c11-7-2-1-3-8(4-7)12-6-9(13)5-10(12)14/h1-4,9,13H,5-6H2. The predicted molar refractivity (Wildman–Crippen MR) is 54.4 cm³/mol. The number of nitrogens with zero attached hydrogens (tertiary/aromatic N) is 1. The lowest BCUT2D eigenvalue weighted by Crippen LogP contribution is -2.25. The summed E-state index contributed by atoms with van der Waals surface area (Å²) in [5, 5.41) is 9.90. The summed E-state index contributed by atoms with van der Waals surface area (Å²) in [7, 11) is 0. The van der Waals surface area contributed by atoms with Crippen molar-refractivity contribution in [1.82, 2.24) is 0 Å². The first-order valence-electron chi connectivity index (χ1n) is 4.41. The molecule has 4 heteroatoms. The van der Waals surface area contributed by atoms with E-state index in [-0.39, 0.29) is 12.3 Å². The molecule has 0 bridgehead atoms. The van der Waals surface area contributed by atoms with Crippen molar-refractivity contribution in [3.63, 3.8) is 0 Å². The van der Waals surface area contributed by atoms with Crippen LogP contribution < -0.4 is 4.90 Å². The van der Waals surface area contributed by atoms with Gasteiger partial charge in [-0.25, -0.2) is 0 Å². The summed E-state index contributed by atoms with van der Waals surface area (Å²) in [5.74, 6) is -0.0558. The average molecular weight is 212 g/mol. The fourth-order valence-electron chi connectivity index (χ4n) is 1.58. The van der Waals surface area contributed by atoms with Crippen LogP contribution in [0.15, 0.2) is 24.3 Å². The number of carbonyl (C=O) groups excluding carboxylic acids is 1. The second-order valence-electron chi connectivity index (χ2n) is 3.34. The number of rotatable bonds is 1. The van der Waals surface area contributed by atoms with Gasteiger partial charge >= 0.3 is 0 Å². The number of benzene rings is 1. The van der Waals surface area contributed by atoms with Crippen LogP contribution in [0.5, 0.6) is 0 Å². The molecule has 14 heavy (non-hydrogen) atoms. The van der Waals surface area contributed by atoms with E-state index in [2.05, 4.69) is 0 Å². The first-order valence-corrected chi connectivity index (χ1v) is 4.78. The van der Waals surface area contributed by atoms with Crippen molar-refractivity contribution in [2.45, 2.75) is 12.5 Å². The van der Waals surface area contributed by atoms with E-state index in [0.29, 0.717) is 11.6 Å². The van der Waals surface area contributed by atoms with Crippen molar-refractivity contribution in [2.24, 2.45) is 0 Å². The molecule has 1 fully saturated rings. The maximum absolute atomic E-state index is 11.4. The van der Waals surface area contributed by atoms with E-state index in [0.717, 1.165) is 5.69 Å². The molecule has 1 unspecified atom stereocenters.